The molecular weight excluding hydrogens is 937 g/mol. The van der Waals surface area contributed by atoms with Gasteiger partial charge in [0.15, 0.2) is 0 Å². The van der Waals surface area contributed by atoms with Gasteiger partial charge in [0.05, 0.1) is 0 Å². The maximum atomic E-state index is 2.85. The summed E-state index contributed by atoms with van der Waals surface area (Å²) < 4.78 is 1.59. The van der Waals surface area contributed by atoms with Gasteiger partial charge in [-0.3, -0.25) is 0 Å². The van der Waals surface area contributed by atoms with Gasteiger partial charge in [0.2, 0.25) is 0 Å². The first-order valence-corrected chi connectivity index (χ1v) is 30.2. The Kier molecular flexibility index (Phi) is 9.33. The van der Waals surface area contributed by atoms with Crippen LogP contribution in [0.1, 0.15) is 292 Å². The van der Waals surface area contributed by atoms with Gasteiger partial charge in [-0.15, -0.1) is 0 Å². The molecule has 0 unspecified atom stereocenters. The zero-order valence-electron chi connectivity index (χ0n) is 49.3. The Labute approximate surface area is 451 Å². The first-order valence-electron chi connectivity index (χ1n) is 29.2. The third-order valence-electron chi connectivity index (χ3n) is 23.4. The fraction of sp³-hybridized carbons (Fsp3) is 0.583. The van der Waals surface area contributed by atoms with Crippen molar-refractivity contribution >= 4 is 20.9 Å². The molecular formula is C72H89Ge. The Morgan fingerprint density at radius 3 is 0.616 bits per heavy atom. The predicted molar refractivity (Wildman–Crippen MR) is 312 cm³/mol. The van der Waals surface area contributed by atoms with Gasteiger partial charge in [-0.2, -0.15) is 0 Å². The molecule has 0 nitrogen and oxygen atoms in total. The zero-order valence-corrected chi connectivity index (χ0v) is 51.4. The van der Waals surface area contributed by atoms with Crippen molar-refractivity contribution in [2.24, 2.45) is 0 Å². The summed E-state index contributed by atoms with van der Waals surface area (Å²) in [6, 6.07) is 25.3. The molecule has 73 heavy (non-hydrogen) atoms. The second-order valence-corrected chi connectivity index (χ2v) is 33.9. The van der Waals surface area contributed by atoms with Crippen molar-refractivity contribution < 1.29 is 0 Å². The molecule has 0 N–H and O–H groups in total. The standard InChI is InChI=1S/C72H89Ge/c1-61(2)21-25-65(9,10)52-33-44-40(29-48(52)61)41-30-49-53(66(11,12)26-22-62(49,3)4)34-45(41)71(44)38-69(17,18)56-37-57-59(60(73)58(56)71)72(39-70(57,19)20)46-35-54-50(63(5,6)23-27-67(54,13)14)31-42(46)43-32-51-55(36-47(43)72)68(15,16)28-24-64(51,7)8/h29-37H,21-28,38-39H2,1-20H3. The van der Waals surface area contributed by atoms with Crippen LogP contribution < -0.4 is 4.40 Å². The Morgan fingerprint density at radius 1 is 0.233 bits per heavy atom. The van der Waals surface area contributed by atoms with Gasteiger partial charge in [-0.1, -0.05) is 0 Å². The van der Waals surface area contributed by atoms with Crippen LogP contribution in [-0.4, -0.2) is 16.5 Å². The third-order valence-corrected chi connectivity index (χ3v) is 24.5. The summed E-state index contributed by atoms with van der Waals surface area (Å²) in [5, 5.41) is 0. The van der Waals surface area contributed by atoms with Crippen molar-refractivity contribution in [1.82, 2.24) is 0 Å². The number of hydrogen-bond donors (Lipinski definition) is 0. The van der Waals surface area contributed by atoms with Crippen LogP contribution in [0.3, 0.4) is 0 Å². The number of rotatable bonds is 0. The van der Waals surface area contributed by atoms with Crippen molar-refractivity contribution in [3.63, 3.8) is 0 Å². The first-order chi connectivity index (χ1) is 33.5. The van der Waals surface area contributed by atoms with E-state index in [9.17, 15) is 0 Å². The van der Waals surface area contributed by atoms with Crippen molar-refractivity contribution in [2.75, 3.05) is 0 Å². The molecule has 0 aliphatic heterocycles. The van der Waals surface area contributed by atoms with E-state index >= 15 is 0 Å². The molecule has 5 aromatic rings. The van der Waals surface area contributed by atoms with Gasteiger partial charge >= 0.3 is 454 Å². The SMILES string of the molecule is CC1(C)CCC(C)(C)c2cc3c(cc21)-c1cc2c(cc1C31CC(C)(C)c3cc4c([c]([Ge])c31)C1(CC4(C)C)c3cc4c(cc3-c3cc5c(cc31)C(C)(C)CCC5(C)C)C(C)(C)CCC4(C)C)C(C)(C)CCC2(C)C. The van der Waals surface area contributed by atoms with Gasteiger partial charge in [-0.05, 0) is 0 Å². The molecule has 2 spiro atoms. The number of benzene rings is 5. The van der Waals surface area contributed by atoms with Gasteiger partial charge in [0.25, 0.3) is 0 Å². The molecule has 0 heterocycles. The summed E-state index contributed by atoms with van der Waals surface area (Å²) >= 11 is 2.66. The van der Waals surface area contributed by atoms with Crippen LogP contribution >= 0.6 is 0 Å². The van der Waals surface area contributed by atoms with Crippen LogP contribution in [-0.2, 0) is 65.0 Å². The summed E-state index contributed by atoms with van der Waals surface area (Å²) in [6.45, 7) is 51.3. The zero-order chi connectivity index (χ0) is 52.6. The third kappa shape index (κ3) is 6.04. The van der Waals surface area contributed by atoms with Crippen molar-refractivity contribution in [3.8, 4) is 22.3 Å². The van der Waals surface area contributed by atoms with E-state index in [1.54, 1.807) is 93.4 Å². The quantitative estimate of drug-likeness (QED) is 0.136. The fourth-order valence-corrected chi connectivity index (χ4v) is 19.8. The molecule has 0 atom stereocenters. The minimum atomic E-state index is -0.274. The Bertz CT molecular complexity index is 2970. The molecule has 0 bridgehead atoms. The van der Waals surface area contributed by atoms with Crippen molar-refractivity contribution in [1.29, 1.82) is 0 Å². The van der Waals surface area contributed by atoms with E-state index in [1.807, 2.05) is 0 Å². The van der Waals surface area contributed by atoms with Crippen LogP contribution in [0.2, 0.25) is 0 Å². The van der Waals surface area contributed by atoms with Crippen LogP contribution in [0.5, 0.6) is 0 Å². The molecule has 381 valence electrons. The van der Waals surface area contributed by atoms with Gasteiger partial charge in [-0.25, -0.2) is 0 Å². The van der Waals surface area contributed by atoms with Crippen molar-refractivity contribution in [2.45, 2.75) is 268 Å². The van der Waals surface area contributed by atoms with Gasteiger partial charge < -0.3 is 0 Å². The summed E-state index contributed by atoms with van der Waals surface area (Å²) in [6.07, 6.45) is 12.0. The summed E-state index contributed by atoms with van der Waals surface area (Å²) in [4.78, 5) is 0. The Balaban J connectivity index is 1.19. The van der Waals surface area contributed by atoms with Gasteiger partial charge in [0.1, 0.15) is 0 Å². The van der Waals surface area contributed by atoms with Crippen LogP contribution in [0.25, 0.3) is 22.3 Å². The molecule has 1 heteroatoms. The van der Waals surface area contributed by atoms with Gasteiger partial charge in [0, 0.05) is 0 Å². The van der Waals surface area contributed by atoms with Crippen LogP contribution in [0.4, 0.5) is 0 Å². The normalized spacial score (nSPS) is 26.1. The van der Waals surface area contributed by atoms with Crippen LogP contribution in [0, 0.1) is 0 Å². The van der Waals surface area contributed by atoms with E-state index in [-0.39, 0.29) is 65.0 Å². The maximum absolute atomic E-state index is 2.85. The number of fused-ring (bicyclic) bond motifs is 18. The second-order valence-electron chi connectivity index (χ2n) is 32.9. The minimum absolute atomic E-state index is 0.0376. The molecule has 3 radical (unpaired) electrons. The van der Waals surface area contributed by atoms with E-state index in [1.165, 1.54) is 73.6 Å². The van der Waals surface area contributed by atoms with E-state index in [4.69, 9.17) is 0 Å². The fourth-order valence-electron chi connectivity index (χ4n) is 18.3. The second kappa shape index (κ2) is 13.8. The molecule has 0 fully saturated rings. The Morgan fingerprint density at radius 2 is 0.411 bits per heavy atom. The molecule has 0 saturated carbocycles. The molecule has 0 amide bonds. The summed E-state index contributed by atoms with van der Waals surface area (Å²) in [7, 11) is 0. The molecule has 0 aromatic heterocycles. The topological polar surface area (TPSA) is 0 Å². The Hall–Kier alpha value is -3.36. The summed E-state index contributed by atoms with van der Waals surface area (Å²) in [5.74, 6) is 0. The molecule has 5 aromatic carbocycles. The van der Waals surface area contributed by atoms with E-state index in [2.05, 4.69) is 210 Å². The molecule has 8 aliphatic rings. The predicted octanol–water partition coefficient (Wildman–Crippen LogP) is 17.9. The molecule has 8 aliphatic carbocycles. The first kappa shape index (κ1) is 49.2. The van der Waals surface area contributed by atoms with Crippen molar-refractivity contribution in [3.05, 3.63) is 144 Å². The molecule has 13 rings (SSSR count). The summed E-state index contributed by atoms with van der Waals surface area (Å²) in [5.41, 5.74) is 32.2. The van der Waals surface area contributed by atoms with E-state index in [0.29, 0.717) is 0 Å². The average Bonchev–Trinajstić information content (AvgIpc) is 3.90. The van der Waals surface area contributed by atoms with Crippen LogP contribution in [0.15, 0.2) is 54.6 Å². The number of hydrogen-bond acceptors (Lipinski definition) is 0. The van der Waals surface area contributed by atoms with E-state index in [0.717, 1.165) is 12.8 Å². The monoisotopic (exact) mass is 1030 g/mol. The average molecular weight is 1030 g/mol. The molecule has 0 saturated heterocycles. The van der Waals surface area contributed by atoms with E-state index < -0.39 is 0 Å².